The summed E-state index contributed by atoms with van der Waals surface area (Å²) in [6.45, 7) is 6.06. The van der Waals surface area contributed by atoms with Crippen LogP contribution in [0, 0.1) is 6.92 Å². The molecule has 1 heterocycles. The van der Waals surface area contributed by atoms with Crippen molar-refractivity contribution in [2.45, 2.75) is 33.6 Å². The van der Waals surface area contributed by atoms with E-state index in [0.29, 0.717) is 0 Å². The molecule has 1 aromatic heterocycles. The molecule has 0 fully saturated rings. The summed E-state index contributed by atoms with van der Waals surface area (Å²) in [5.41, 5.74) is 3.93. The maximum Gasteiger partial charge on any atom is 0.0447 e. The number of nitrogens with zero attached hydrogens (tertiary/aromatic N) is 1. The van der Waals surface area contributed by atoms with Crippen molar-refractivity contribution in [1.29, 1.82) is 0 Å². The van der Waals surface area contributed by atoms with Crippen LogP contribution in [0.15, 0.2) is 18.3 Å². The van der Waals surface area contributed by atoms with Gasteiger partial charge in [-0.3, -0.25) is 4.98 Å². The summed E-state index contributed by atoms with van der Waals surface area (Å²) in [6.07, 6.45) is 8.65. The van der Waals surface area contributed by atoms with Crippen LogP contribution in [0.5, 0.6) is 0 Å². The van der Waals surface area contributed by atoms with Crippen molar-refractivity contribution in [3.63, 3.8) is 0 Å². The molecule has 0 radical (unpaired) electrons. The first-order chi connectivity index (χ1) is 6.38. The molecular weight excluding hydrogens is 158 g/mol. The predicted molar refractivity (Wildman–Crippen MR) is 57.7 cm³/mol. The number of rotatable bonds is 0. The first-order valence-electron chi connectivity index (χ1n) is 4.99. The van der Waals surface area contributed by atoms with E-state index in [9.17, 15) is 0 Å². The Hall–Kier alpha value is -1.11. The van der Waals surface area contributed by atoms with E-state index in [1.165, 1.54) is 24.0 Å². The Morgan fingerprint density at radius 2 is 2.08 bits per heavy atom. The maximum absolute atomic E-state index is 4.24. The largest absolute Gasteiger partial charge is 0.261 e. The van der Waals surface area contributed by atoms with Crippen LogP contribution >= 0.6 is 0 Å². The van der Waals surface area contributed by atoms with Crippen molar-refractivity contribution < 1.29 is 0 Å². The van der Waals surface area contributed by atoms with Crippen molar-refractivity contribution in [3.8, 4) is 0 Å². The molecule has 0 aliphatic heterocycles. The lowest BCUT2D eigenvalue weighted by Crippen LogP contribution is -1.97. The van der Waals surface area contributed by atoms with Crippen LogP contribution in [0.25, 0.3) is 6.08 Å². The van der Waals surface area contributed by atoms with Crippen LogP contribution in [0.3, 0.4) is 0 Å². The fourth-order valence-corrected chi connectivity index (χ4v) is 1.52. The average Bonchev–Trinajstić information content (AvgIpc) is 2.22. The summed E-state index contributed by atoms with van der Waals surface area (Å²) < 4.78 is 0. The van der Waals surface area contributed by atoms with Crippen molar-refractivity contribution >= 4 is 6.08 Å². The van der Waals surface area contributed by atoms with E-state index in [1.54, 1.807) is 0 Å². The van der Waals surface area contributed by atoms with Gasteiger partial charge in [0.25, 0.3) is 0 Å². The van der Waals surface area contributed by atoms with Gasteiger partial charge in [0.15, 0.2) is 0 Å². The van der Waals surface area contributed by atoms with Crippen LogP contribution in [0.2, 0.25) is 0 Å². The highest BCUT2D eigenvalue weighted by atomic mass is 14.7. The Labute approximate surface area is 80.5 Å². The number of hydrogen-bond acceptors (Lipinski definition) is 1. The van der Waals surface area contributed by atoms with Crippen LogP contribution < -0.4 is 0 Å². The molecule has 70 valence electrons. The Morgan fingerprint density at radius 3 is 2.77 bits per heavy atom. The summed E-state index contributed by atoms with van der Waals surface area (Å²) >= 11 is 0. The van der Waals surface area contributed by atoms with Crippen LogP contribution in [-0.2, 0) is 6.42 Å². The van der Waals surface area contributed by atoms with Crippen molar-refractivity contribution in [1.82, 2.24) is 4.98 Å². The lowest BCUT2D eigenvalue weighted by molar-refractivity contribution is 0.966. The molecule has 2 rings (SSSR count). The van der Waals surface area contributed by atoms with Crippen molar-refractivity contribution in [2.24, 2.45) is 0 Å². The highest BCUT2D eigenvalue weighted by molar-refractivity contribution is 5.57. The van der Waals surface area contributed by atoms with Gasteiger partial charge in [-0.05, 0) is 37.0 Å². The molecule has 0 unspecified atom stereocenters. The highest BCUT2D eigenvalue weighted by Crippen LogP contribution is 2.19. The number of aryl methyl sites for hydroxylation is 2. The minimum absolute atomic E-state index is 1.15. The summed E-state index contributed by atoms with van der Waals surface area (Å²) in [5.74, 6) is 0. The fraction of sp³-hybridized carbons (Fsp3) is 0.417. The minimum atomic E-state index is 1.15. The van der Waals surface area contributed by atoms with Gasteiger partial charge in [-0.1, -0.05) is 26.0 Å². The highest BCUT2D eigenvalue weighted by Gasteiger charge is 2.05. The van der Waals surface area contributed by atoms with E-state index < -0.39 is 0 Å². The first kappa shape index (κ1) is 9.97. The standard InChI is InChI=1S/C10H11N.C2H6/c1-8-10-5-3-2-4-9(10)6-7-11-8;1-2/h3,5-7H,2,4H2,1H3;1-2H3. The quantitative estimate of drug-likeness (QED) is 0.589. The maximum atomic E-state index is 4.24. The smallest absolute Gasteiger partial charge is 0.0447 e. The molecule has 0 aromatic carbocycles. The number of hydrogen-bond donors (Lipinski definition) is 0. The van der Waals surface area contributed by atoms with Gasteiger partial charge < -0.3 is 0 Å². The third-order valence-corrected chi connectivity index (χ3v) is 2.14. The lowest BCUT2D eigenvalue weighted by Gasteiger charge is -2.10. The molecule has 1 aliphatic rings. The summed E-state index contributed by atoms with van der Waals surface area (Å²) in [6, 6.07) is 2.12. The second kappa shape index (κ2) is 4.80. The monoisotopic (exact) mass is 175 g/mol. The van der Waals surface area contributed by atoms with E-state index in [4.69, 9.17) is 0 Å². The van der Waals surface area contributed by atoms with Crippen LogP contribution in [0.4, 0.5) is 0 Å². The molecule has 0 amide bonds. The molecule has 0 spiro atoms. The summed E-state index contributed by atoms with van der Waals surface area (Å²) in [4.78, 5) is 4.24. The zero-order valence-electron chi connectivity index (χ0n) is 8.67. The fourth-order valence-electron chi connectivity index (χ4n) is 1.52. The molecule has 1 aromatic rings. The molecule has 0 saturated heterocycles. The predicted octanol–water partition coefficient (Wildman–Crippen LogP) is 3.38. The van der Waals surface area contributed by atoms with E-state index in [-0.39, 0.29) is 0 Å². The third-order valence-electron chi connectivity index (χ3n) is 2.14. The van der Waals surface area contributed by atoms with E-state index in [1.807, 2.05) is 20.0 Å². The Morgan fingerprint density at radius 1 is 1.31 bits per heavy atom. The normalized spacial score (nSPS) is 12.8. The second-order valence-electron chi connectivity index (χ2n) is 2.91. The Balaban J connectivity index is 0.000000396. The molecular formula is C12H17N. The number of pyridine rings is 1. The average molecular weight is 175 g/mol. The van der Waals surface area contributed by atoms with Crippen molar-refractivity contribution in [3.05, 3.63) is 35.2 Å². The molecule has 1 aliphatic carbocycles. The zero-order chi connectivity index (χ0) is 9.68. The van der Waals surface area contributed by atoms with Gasteiger partial charge in [0.05, 0.1) is 0 Å². The molecule has 1 heteroatoms. The Bertz CT molecular complexity index is 300. The molecule has 13 heavy (non-hydrogen) atoms. The zero-order valence-corrected chi connectivity index (χ0v) is 8.67. The van der Waals surface area contributed by atoms with Gasteiger partial charge in [0.1, 0.15) is 0 Å². The summed E-state index contributed by atoms with van der Waals surface area (Å²) in [7, 11) is 0. The van der Waals surface area contributed by atoms with Crippen LogP contribution in [-0.4, -0.2) is 4.98 Å². The molecule has 0 N–H and O–H groups in total. The van der Waals surface area contributed by atoms with Gasteiger partial charge in [-0.25, -0.2) is 0 Å². The Kier molecular flexibility index (Phi) is 3.69. The topological polar surface area (TPSA) is 12.9 Å². The van der Waals surface area contributed by atoms with Crippen molar-refractivity contribution in [2.75, 3.05) is 0 Å². The number of allylic oxidation sites excluding steroid dienone is 1. The summed E-state index contributed by atoms with van der Waals surface area (Å²) in [5, 5.41) is 0. The van der Waals surface area contributed by atoms with E-state index in [0.717, 1.165) is 5.69 Å². The molecule has 1 nitrogen and oxygen atoms in total. The lowest BCUT2D eigenvalue weighted by atomic mass is 9.97. The van der Waals surface area contributed by atoms with Gasteiger partial charge in [-0.15, -0.1) is 0 Å². The van der Waals surface area contributed by atoms with E-state index in [2.05, 4.69) is 30.1 Å². The van der Waals surface area contributed by atoms with E-state index >= 15 is 0 Å². The molecule has 0 bridgehead atoms. The van der Waals surface area contributed by atoms with Gasteiger partial charge >= 0.3 is 0 Å². The SMILES string of the molecule is CC.Cc1nccc2c1C=CCC2. The van der Waals surface area contributed by atoms with Crippen LogP contribution in [0.1, 0.15) is 37.1 Å². The third kappa shape index (κ3) is 2.18. The number of aromatic nitrogens is 1. The van der Waals surface area contributed by atoms with Gasteiger partial charge in [0, 0.05) is 11.9 Å². The molecule has 0 atom stereocenters. The molecule has 0 saturated carbocycles. The van der Waals surface area contributed by atoms with Gasteiger partial charge in [-0.2, -0.15) is 0 Å². The number of fused-ring (bicyclic) bond motifs is 1. The van der Waals surface area contributed by atoms with Gasteiger partial charge in [0.2, 0.25) is 0 Å². The minimum Gasteiger partial charge on any atom is -0.261 e. The second-order valence-corrected chi connectivity index (χ2v) is 2.91. The first-order valence-corrected chi connectivity index (χ1v) is 4.99.